The Labute approximate surface area is 65.4 Å². The van der Waals surface area contributed by atoms with E-state index in [4.69, 9.17) is 9.84 Å². The highest BCUT2D eigenvalue weighted by Gasteiger charge is 2.46. The maximum absolute atomic E-state index is 9.53. The molecule has 0 saturated carbocycles. The van der Waals surface area contributed by atoms with Gasteiger partial charge in [0, 0.05) is 0 Å². The summed E-state index contributed by atoms with van der Waals surface area (Å²) in [5.41, 5.74) is -1.28. The van der Waals surface area contributed by atoms with Gasteiger partial charge in [-0.25, -0.2) is 0 Å². The van der Waals surface area contributed by atoms with Crippen molar-refractivity contribution in [2.45, 2.75) is 31.2 Å². The molecule has 4 nitrogen and oxygen atoms in total. The van der Waals surface area contributed by atoms with Crippen molar-refractivity contribution in [2.24, 2.45) is 0 Å². The third kappa shape index (κ3) is 1.39. The van der Waals surface area contributed by atoms with Crippen LogP contribution in [0.3, 0.4) is 0 Å². The second kappa shape index (κ2) is 3.06. The molecule has 0 aliphatic carbocycles. The summed E-state index contributed by atoms with van der Waals surface area (Å²) in [7, 11) is 0. The molecule has 1 radical (unpaired) electrons. The number of aliphatic hydroxyl groups excluding tert-OH is 2. The molecule has 1 heterocycles. The van der Waals surface area contributed by atoms with E-state index in [9.17, 15) is 10.2 Å². The quantitative estimate of drug-likeness (QED) is 0.488. The van der Waals surface area contributed by atoms with Crippen molar-refractivity contribution in [1.82, 2.24) is 0 Å². The lowest BCUT2D eigenvalue weighted by Crippen LogP contribution is -2.42. The summed E-state index contributed by atoms with van der Waals surface area (Å²) in [6.45, 7) is 2.65. The molecule has 0 aromatic heterocycles. The molecule has 3 N–H and O–H groups in total. The molecule has 1 rings (SSSR count). The van der Waals surface area contributed by atoms with E-state index in [1.54, 1.807) is 6.92 Å². The molecule has 0 unspecified atom stereocenters. The molecule has 0 bridgehead atoms. The standard InChI is InChI=1S/C7H13O4/c1-2-7(10)4-11-5(3-8)6(7)9/h4-6,8-10H,2-3H2,1H3/t5-,6-,7+/m1/s1. The van der Waals surface area contributed by atoms with Gasteiger partial charge in [-0.2, -0.15) is 0 Å². The predicted octanol–water partition coefficient (Wildman–Crippen LogP) is -0.959. The second-order valence-electron chi connectivity index (χ2n) is 2.76. The summed E-state index contributed by atoms with van der Waals surface area (Å²) in [6.07, 6.45) is -1.32. The van der Waals surface area contributed by atoms with E-state index in [1.807, 2.05) is 0 Å². The minimum Gasteiger partial charge on any atom is -0.394 e. The van der Waals surface area contributed by atoms with E-state index in [0.717, 1.165) is 0 Å². The van der Waals surface area contributed by atoms with Crippen LogP contribution in [0.5, 0.6) is 0 Å². The van der Waals surface area contributed by atoms with Gasteiger partial charge >= 0.3 is 0 Å². The summed E-state index contributed by atoms with van der Waals surface area (Å²) in [5, 5.41) is 27.5. The molecule has 0 spiro atoms. The third-order valence-electron chi connectivity index (χ3n) is 2.06. The average molecular weight is 161 g/mol. The Morgan fingerprint density at radius 3 is 2.55 bits per heavy atom. The Morgan fingerprint density at radius 1 is 1.64 bits per heavy atom. The summed E-state index contributed by atoms with van der Waals surface area (Å²) >= 11 is 0. The molecule has 1 aliphatic heterocycles. The van der Waals surface area contributed by atoms with Crippen LogP contribution in [0.2, 0.25) is 0 Å². The number of rotatable bonds is 2. The summed E-state index contributed by atoms with van der Waals surface area (Å²) in [4.78, 5) is 0. The van der Waals surface area contributed by atoms with E-state index in [-0.39, 0.29) is 6.61 Å². The largest absolute Gasteiger partial charge is 0.394 e. The maximum Gasteiger partial charge on any atom is 0.122 e. The highest BCUT2D eigenvalue weighted by atomic mass is 16.5. The van der Waals surface area contributed by atoms with Crippen molar-refractivity contribution >= 4 is 0 Å². The Kier molecular flexibility index (Phi) is 2.49. The van der Waals surface area contributed by atoms with Crippen molar-refractivity contribution in [1.29, 1.82) is 0 Å². The highest BCUT2D eigenvalue weighted by Crippen LogP contribution is 2.30. The highest BCUT2D eigenvalue weighted by molar-refractivity contribution is 5.02. The van der Waals surface area contributed by atoms with Gasteiger partial charge in [0.15, 0.2) is 0 Å². The number of hydrogen-bond donors (Lipinski definition) is 3. The maximum atomic E-state index is 9.53. The monoisotopic (exact) mass is 161 g/mol. The minimum atomic E-state index is -1.28. The van der Waals surface area contributed by atoms with Crippen molar-refractivity contribution < 1.29 is 20.1 Å². The molecule has 4 heteroatoms. The molecular formula is C7H13O4. The first-order valence-electron chi connectivity index (χ1n) is 3.65. The van der Waals surface area contributed by atoms with Gasteiger partial charge in [-0.1, -0.05) is 6.92 Å². The number of hydrogen-bond acceptors (Lipinski definition) is 4. The molecule has 11 heavy (non-hydrogen) atoms. The molecular weight excluding hydrogens is 148 g/mol. The van der Waals surface area contributed by atoms with Gasteiger partial charge in [0.1, 0.15) is 24.4 Å². The van der Waals surface area contributed by atoms with Gasteiger partial charge in [-0.15, -0.1) is 0 Å². The first-order chi connectivity index (χ1) is 5.14. The Bertz CT molecular complexity index is 138. The van der Waals surface area contributed by atoms with Crippen LogP contribution in [0.4, 0.5) is 0 Å². The molecule has 1 saturated heterocycles. The van der Waals surface area contributed by atoms with Crippen molar-refractivity contribution in [2.75, 3.05) is 6.61 Å². The summed E-state index contributed by atoms with van der Waals surface area (Å²) in [6, 6.07) is 0. The smallest absolute Gasteiger partial charge is 0.122 e. The summed E-state index contributed by atoms with van der Waals surface area (Å²) < 4.78 is 4.85. The van der Waals surface area contributed by atoms with Gasteiger partial charge < -0.3 is 20.1 Å². The van der Waals surface area contributed by atoms with E-state index < -0.39 is 17.8 Å². The van der Waals surface area contributed by atoms with Crippen LogP contribution in [0.15, 0.2) is 0 Å². The Morgan fingerprint density at radius 2 is 2.27 bits per heavy atom. The molecule has 1 fully saturated rings. The molecule has 0 aromatic carbocycles. The molecule has 65 valence electrons. The fourth-order valence-electron chi connectivity index (χ4n) is 1.11. The van der Waals surface area contributed by atoms with Crippen molar-refractivity contribution in [3.8, 4) is 0 Å². The number of ether oxygens (including phenoxy) is 1. The van der Waals surface area contributed by atoms with E-state index >= 15 is 0 Å². The van der Waals surface area contributed by atoms with Crippen LogP contribution < -0.4 is 0 Å². The normalized spacial score (nSPS) is 44.7. The SMILES string of the molecule is CC[C@]1(O)[CH]O[C@H](CO)[C@H]1O. The lowest BCUT2D eigenvalue weighted by Gasteiger charge is -2.23. The van der Waals surface area contributed by atoms with Gasteiger partial charge in [-0.05, 0) is 6.42 Å². The number of aliphatic hydroxyl groups is 3. The van der Waals surface area contributed by atoms with Gasteiger partial charge in [0.2, 0.25) is 0 Å². The molecule has 0 aromatic rings. The van der Waals surface area contributed by atoms with Gasteiger partial charge in [0.05, 0.1) is 6.61 Å². The lowest BCUT2D eigenvalue weighted by atomic mass is 9.94. The Hall–Kier alpha value is -0.160. The third-order valence-corrected chi connectivity index (χ3v) is 2.06. The van der Waals surface area contributed by atoms with Gasteiger partial charge in [0.25, 0.3) is 0 Å². The van der Waals surface area contributed by atoms with Crippen LogP contribution in [-0.2, 0) is 4.74 Å². The van der Waals surface area contributed by atoms with Crippen LogP contribution in [-0.4, -0.2) is 39.7 Å². The second-order valence-corrected chi connectivity index (χ2v) is 2.76. The van der Waals surface area contributed by atoms with Crippen molar-refractivity contribution in [3.63, 3.8) is 0 Å². The zero-order valence-corrected chi connectivity index (χ0v) is 6.40. The fourth-order valence-corrected chi connectivity index (χ4v) is 1.11. The zero-order valence-electron chi connectivity index (χ0n) is 6.40. The molecule has 1 aliphatic rings. The van der Waals surface area contributed by atoms with Crippen LogP contribution in [0, 0.1) is 6.61 Å². The molecule has 0 amide bonds. The first-order valence-corrected chi connectivity index (χ1v) is 3.65. The van der Waals surface area contributed by atoms with Gasteiger partial charge in [-0.3, -0.25) is 0 Å². The van der Waals surface area contributed by atoms with Crippen LogP contribution in [0.1, 0.15) is 13.3 Å². The molecule has 3 atom stereocenters. The Balaban J connectivity index is 2.61. The fraction of sp³-hybridized carbons (Fsp3) is 0.857. The van der Waals surface area contributed by atoms with Crippen LogP contribution in [0.25, 0.3) is 0 Å². The minimum absolute atomic E-state index is 0.278. The first kappa shape index (κ1) is 8.93. The van der Waals surface area contributed by atoms with Crippen molar-refractivity contribution in [3.05, 3.63) is 6.61 Å². The summed E-state index contributed by atoms with van der Waals surface area (Å²) in [5.74, 6) is 0. The predicted molar refractivity (Wildman–Crippen MR) is 37.5 cm³/mol. The van der Waals surface area contributed by atoms with Crippen LogP contribution >= 0.6 is 0 Å². The lowest BCUT2D eigenvalue weighted by molar-refractivity contribution is -0.0521. The zero-order chi connectivity index (χ0) is 8.48. The van der Waals surface area contributed by atoms with E-state index in [2.05, 4.69) is 0 Å². The average Bonchev–Trinajstić information content (AvgIpc) is 2.31. The topological polar surface area (TPSA) is 69.9 Å². The van der Waals surface area contributed by atoms with E-state index in [0.29, 0.717) is 6.42 Å². The van der Waals surface area contributed by atoms with E-state index in [1.165, 1.54) is 6.61 Å².